The number of benzene rings is 1. The number of para-hydroxylation sites is 2. The molecule has 0 aliphatic carbocycles. The number of rotatable bonds is 8. The standard InChI is InChI=1S/C18H21N5O3S/c1-2-8-22-13-5-3-4-6-14(13)23(18(22)26)9-7-16(25)21-17-20-12(11-27-17)10-15(19)24/h3-6,11H,2,7-10H2,1H3,(H2,19,24)(H,20,21,25). The van der Waals surface area contributed by atoms with Crippen LogP contribution in [0.15, 0.2) is 34.4 Å². The first-order valence-electron chi connectivity index (χ1n) is 8.70. The number of hydrogen-bond donors (Lipinski definition) is 2. The molecule has 2 heterocycles. The minimum absolute atomic E-state index is 0.0404. The summed E-state index contributed by atoms with van der Waals surface area (Å²) in [5, 5.41) is 4.80. The summed E-state index contributed by atoms with van der Waals surface area (Å²) < 4.78 is 3.37. The molecule has 0 fully saturated rings. The van der Waals surface area contributed by atoms with Crippen LogP contribution in [-0.4, -0.2) is 25.9 Å². The Hall–Kier alpha value is -2.94. The van der Waals surface area contributed by atoms with E-state index in [0.717, 1.165) is 17.5 Å². The Balaban J connectivity index is 1.70. The first-order valence-corrected chi connectivity index (χ1v) is 9.58. The molecule has 0 bridgehead atoms. The molecule has 0 spiro atoms. The van der Waals surface area contributed by atoms with Gasteiger partial charge in [-0.2, -0.15) is 0 Å². The summed E-state index contributed by atoms with van der Waals surface area (Å²) in [4.78, 5) is 40.0. The minimum Gasteiger partial charge on any atom is -0.369 e. The molecule has 8 nitrogen and oxygen atoms in total. The molecule has 0 aliphatic heterocycles. The molecular formula is C18H21N5O3S. The molecule has 0 atom stereocenters. The van der Waals surface area contributed by atoms with Crippen LogP contribution in [0.3, 0.4) is 0 Å². The van der Waals surface area contributed by atoms with Gasteiger partial charge in [0.1, 0.15) is 0 Å². The van der Waals surface area contributed by atoms with Crippen molar-refractivity contribution in [3.63, 3.8) is 0 Å². The van der Waals surface area contributed by atoms with E-state index in [9.17, 15) is 14.4 Å². The molecule has 27 heavy (non-hydrogen) atoms. The van der Waals surface area contributed by atoms with Crippen molar-refractivity contribution in [1.29, 1.82) is 0 Å². The molecule has 3 rings (SSSR count). The van der Waals surface area contributed by atoms with Crippen molar-refractivity contribution in [3.05, 3.63) is 45.8 Å². The molecule has 1 aromatic carbocycles. The number of fused-ring (bicyclic) bond motifs is 1. The van der Waals surface area contributed by atoms with Gasteiger partial charge in [0.2, 0.25) is 11.8 Å². The third-order valence-electron chi connectivity index (χ3n) is 4.09. The largest absolute Gasteiger partial charge is 0.369 e. The Bertz CT molecular complexity index is 1030. The highest BCUT2D eigenvalue weighted by Gasteiger charge is 2.14. The number of primary amides is 1. The number of thiazole rings is 1. The van der Waals surface area contributed by atoms with Crippen molar-refractivity contribution in [1.82, 2.24) is 14.1 Å². The summed E-state index contributed by atoms with van der Waals surface area (Å²) in [5.74, 6) is -0.713. The monoisotopic (exact) mass is 387 g/mol. The summed E-state index contributed by atoms with van der Waals surface area (Å²) in [6.45, 7) is 2.94. The van der Waals surface area contributed by atoms with Crippen LogP contribution in [0, 0.1) is 0 Å². The van der Waals surface area contributed by atoms with Gasteiger partial charge < -0.3 is 11.1 Å². The molecular weight excluding hydrogens is 366 g/mol. The lowest BCUT2D eigenvalue weighted by Gasteiger charge is -2.04. The molecule has 9 heteroatoms. The van der Waals surface area contributed by atoms with Crippen molar-refractivity contribution in [2.75, 3.05) is 5.32 Å². The van der Waals surface area contributed by atoms with E-state index in [0.29, 0.717) is 17.4 Å². The quantitative estimate of drug-likeness (QED) is 0.613. The zero-order valence-corrected chi connectivity index (χ0v) is 15.8. The average molecular weight is 387 g/mol. The molecule has 3 N–H and O–H groups in total. The zero-order chi connectivity index (χ0) is 19.4. The number of nitrogens with zero attached hydrogens (tertiary/aromatic N) is 3. The maximum absolute atomic E-state index is 12.7. The van der Waals surface area contributed by atoms with Gasteiger partial charge in [0.15, 0.2) is 5.13 Å². The summed E-state index contributed by atoms with van der Waals surface area (Å²) in [6.07, 6.45) is 1.04. The van der Waals surface area contributed by atoms with Crippen LogP contribution in [0.25, 0.3) is 11.0 Å². The van der Waals surface area contributed by atoms with E-state index in [-0.39, 0.29) is 31.0 Å². The Morgan fingerprint density at radius 2 is 1.85 bits per heavy atom. The highest BCUT2D eigenvalue weighted by molar-refractivity contribution is 7.13. The SMILES string of the molecule is CCCn1c(=O)n(CCC(=O)Nc2nc(CC(N)=O)cs2)c2ccccc21. The third-order valence-corrected chi connectivity index (χ3v) is 4.89. The number of aryl methyl sites for hydroxylation is 2. The van der Waals surface area contributed by atoms with Gasteiger partial charge in [0.25, 0.3) is 0 Å². The van der Waals surface area contributed by atoms with Gasteiger partial charge in [-0.25, -0.2) is 9.78 Å². The number of hydrogen-bond acceptors (Lipinski definition) is 5. The van der Waals surface area contributed by atoms with E-state index in [1.165, 1.54) is 11.3 Å². The third kappa shape index (κ3) is 4.25. The minimum atomic E-state index is -0.471. The van der Waals surface area contributed by atoms with Gasteiger partial charge >= 0.3 is 5.69 Å². The van der Waals surface area contributed by atoms with Crippen LogP contribution in [0.5, 0.6) is 0 Å². The Labute approximate surface area is 159 Å². The molecule has 142 valence electrons. The molecule has 0 radical (unpaired) electrons. The van der Waals surface area contributed by atoms with Gasteiger partial charge in [0, 0.05) is 24.9 Å². The van der Waals surface area contributed by atoms with Crippen LogP contribution in [0.2, 0.25) is 0 Å². The predicted octanol–water partition coefficient (Wildman–Crippen LogP) is 1.73. The average Bonchev–Trinajstić information content (AvgIpc) is 3.16. The van der Waals surface area contributed by atoms with Crippen molar-refractivity contribution < 1.29 is 9.59 Å². The first-order chi connectivity index (χ1) is 13.0. The lowest BCUT2D eigenvalue weighted by molar-refractivity contribution is -0.117. The summed E-state index contributed by atoms with van der Waals surface area (Å²) in [7, 11) is 0. The van der Waals surface area contributed by atoms with E-state index in [2.05, 4.69) is 10.3 Å². The van der Waals surface area contributed by atoms with Crippen molar-refractivity contribution in [2.24, 2.45) is 5.73 Å². The second-order valence-corrected chi connectivity index (χ2v) is 7.02. The molecule has 3 aromatic rings. The number of nitrogens with two attached hydrogens (primary N) is 1. The van der Waals surface area contributed by atoms with E-state index < -0.39 is 5.91 Å². The number of amides is 2. The first kappa shape index (κ1) is 18.8. The van der Waals surface area contributed by atoms with E-state index in [4.69, 9.17) is 5.73 Å². The number of aromatic nitrogens is 3. The van der Waals surface area contributed by atoms with E-state index in [1.54, 1.807) is 14.5 Å². The molecule has 0 aliphatic rings. The fourth-order valence-electron chi connectivity index (χ4n) is 2.95. The van der Waals surface area contributed by atoms with Gasteiger partial charge in [-0.05, 0) is 18.6 Å². The molecule has 2 aromatic heterocycles. The van der Waals surface area contributed by atoms with Gasteiger partial charge in [-0.1, -0.05) is 19.1 Å². The smallest absolute Gasteiger partial charge is 0.329 e. The normalized spacial score (nSPS) is 11.0. The maximum Gasteiger partial charge on any atom is 0.329 e. The number of anilines is 1. The highest BCUT2D eigenvalue weighted by Crippen LogP contribution is 2.17. The second kappa shape index (κ2) is 8.17. The van der Waals surface area contributed by atoms with Crippen LogP contribution in [0.1, 0.15) is 25.5 Å². The fourth-order valence-corrected chi connectivity index (χ4v) is 3.67. The topological polar surface area (TPSA) is 112 Å². The summed E-state index contributed by atoms with van der Waals surface area (Å²) in [6, 6.07) is 7.58. The van der Waals surface area contributed by atoms with Crippen LogP contribution < -0.4 is 16.7 Å². The summed E-state index contributed by atoms with van der Waals surface area (Å²) in [5.41, 5.74) is 7.25. The lowest BCUT2D eigenvalue weighted by atomic mass is 10.3. The molecule has 2 amide bonds. The number of carbonyl (C=O) groups is 2. The van der Waals surface area contributed by atoms with Crippen LogP contribution in [0.4, 0.5) is 5.13 Å². The molecule has 0 saturated carbocycles. The molecule has 0 unspecified atom stereocenters. The number of nitrogens with one attached hydrogen (secondary N) is 1. The Morgan fingerprint density at radius 1 is 1.19 bits per heavy atom. The number of imidazole rings is 1. The van der Waals surface area contributed by atoms with Gasteiger partial charge in [-0.15, -0.1) is 11.3 Å². The van der Waals surface area contributed by atoms with Crippen molar-refractivity contribution in [2.45, 2.75) is 39.3 Å². The highest BCUT2D eigenvalue weighted by atomic mass is 32.1. The van der Waals surface area contributed by atoms with Gasteiger partial charge in [-0.3, -0.25) is 18.7 Å². The Kier molecular flexibility index (Phi) is 5.70. The van der Waals surface area contributed by atoms with Crippen LogP contribution >= 0.6 is 11.3 Å². The fraction of sp³-hybridized carbons (Fsp3) is 0.333. The van der Waals surface area contributed by atoms with E-state index >= 15 is 0 Å². The van der Waals surface area contributed by atoms with E-state index in [1.807, 2.05) is 31.2 Å². The van der Waals surface area contributed by atoms with Crippen molar-refractivity contribution in [3.8, 4) is 0 Å². The summed E-state index contributed by atoms with van der Waals surface area (Å²) >= 11 is 1.23. The van der Waals surface area contributed by atoms with Gasteiger partial charge in [0.05, 0.1) is 23.1 Å². The molecule has 0 saturated heterocycles. The number of carbonyl (C=O) groups excluding carboxylic acids is 2. The zero-order valence-electron chi connectivity index (χ0n) is 15.0. The Morgan fingerprint density at radius 3 is 2.48 bits per heavy atom. The second-order valence-electron chi connectivity index (χ2n) is 6.16. The maximum atomic E-state index is 12.7. The van der Waals surface area contributed by atoms with Crippen LogP contribution in [-0.2, 0) is 29.1 Å². The lowest BCUT2D eigenvalue weighted by Crippen LogP contribution is -2.26. The van der Waals surface area contributed by atoms with Crippen molar-refractivity contribution >= 4 is 39.3 Å². The predicted molar refractivity (Wildman–Crippen MR) is 105 cm³/mol.